The SMILES string of the molecule is CC1(CN)CCN(Cc2ccc(Br)cn2)C1.Cl. The van der Waals surface area contributed by atoms with Gasteiger partial charge in [-0.1, -0.05) is 6.92 Å². The van der Waals surface area contributed by atoms with Crippen molar-refractivity contribution in [2.45, 2.75) is 19.9 Å². The Morgan fingerprint density at radius 3 is 2.82 bits per heavy atom. The first-order valence-electron chi connectivity index (χ1n) is 5.64. The Morgan fingerprint density at radius 2 is 2.29 bits per heavy atom. The molecule has 1 saturated heterocycles. The molecule has 0 saturated carbocycles. The van der Waals surface area contributed by atoms with Crippen molar-refractivity contribution < 1.29 is 0 Å². The number of hydrogen-bond donors (Lipinski definition) is 1. The van der Waals surface area contributed by atoms with Crippen molar-refractivity contribution in [3.8, 4) is 0 Å². The summed E-state index contributed by atoms with van der Waals surface area (Å²) in [5.41, 5.74) is 7.23. The van der Waals surface area contributed by atoms with Gasteiger partial charge >= 0.3 is 0 Å². The molecule has 3 nitrogen and oxygen atoms in total. The van der Waals surface area contributed by atoms with E-state index in [-0.39, 0.29) is 12.4 Å². The predicted octanol–water partition coefficient (Wildman–Crippen LogP) is 2.44. The van der Waals surface area contributed by atoms with Gasteiger partial charge in [0.05, 0.1) is 5.69 Å². The summed E-state index contributed by atoms with van der Waals surface area (Å²) in [4.78, 5) is 6.83. The van der Waals surface area contributed by atoms with Gasteiger partial charge in [-0.25, -0.2) is 0 Å². The molecule has 96 valence electrons. The Bertz CT molecular complexity index is 357. The van der Waals surface area contributed by atoms with Gasteiger partial charge in [-0.2, -0.15) is 0 Å². The van der Waals surface area contributed by atoms with E-state index in [1.165, 1.54) is 6.42 Å². The Labute approximate surface area is 117 Å². The molecule has 0 aliphatic carbocycles. The standard InChI is InChI=1S/C12H18BrN3.ClH/c1-12(8-14)4-5-16(9-12)7-11-3-2-10(13)6-15-11;/h2-3,6H,4-5,7-9,14H2,1H3;1H. The lowest BCUT2D eigenvalue weighted by atomic mass is 9.90. The Balaban J connectivity index is 0.00000144. The fraction of sp³-hybridized carbons (Fsp3) is 0.583. The molecule has 1 fully saturated rings. The van der Waals surface area contributed by atoms with Crippen LogP contribution >= 0.6 is 28.3 Å². The van der Waals surface area contributed by atoms with E-state index < -0.39 is 0 Å². The number of hydrogen-bond acceptors (Lipinski definition) is 3. The zero-order valence-electron chi connectivity index (χ0n) is 10.0. The van der Waals surface area contributed by atoms with Crippen molar-refractivity contribution in [3.63, 3.8) is 0 Å². The zero-order chi connectivity index (χ0) is 11.6. The lowest BCUT2D eigenvalue weighted by Crippen LogP contribution is -2.31. The molecule has 2 N–H and O–H groups in total. The molecule has 1 unspecified atom stereocenters. The number of nitrogens with two attached hydrogens (primary N) is 1. The molecule has 17 heavy (non-hydrogen) atoms. The summed E-state index contributed by atoms with van der Waals surface area (Å²) >= 11 is 3.39. The van der Waals surface area contributed by atoms with E-state index in [0.717, 1.165) is 36.3 Å². The quantitative estimate of drug-likeness (QED) is 0.930. The number of likely N-dealkylation sites (tertiary alicyclic amines) is 1. The summed E-state index contributed by atoms with van der Waals surface area (Å²) in [6.45, 7) is 6.19. The average molecular weight is 321 g/mol. The lowest BCUT2D eigenvalue weighted by molar-refractivity contribution is 0.272. The van der Waals surface area contributed by atoms with Crippen molar-refractivity contribution in [3.05, 3.63) is 28.5 Å². The molecule has 0 bridgehead atoms. The van der Waals surface area contributed by atoms with E-state index in [9.17, 15) is 0 Å². The normalized spacial score (nSPS) is 24.6. The fourth-order valence-corrected chi connectivity index (χ4v) is 2.39. The van der Waals surface area contributed by atoms with E-state index >= 15 is 0 Å². The maximum absolute atomic E-state index is 5.80. The summed E-state index contributed by atoms with van der Waals surface area (Å²) in [7, 11) is 0. The first-order chi connectivity index (χ1) is 7.61. The van der Waals surface area contributed by atoms with Gasteiger partial charge in [0.15, 0.2) is 0 Å². The molecule has 0 amide bonds. The molecule has 0 aromatic carbocycles. The highest BCUT2D eigenvalue weighted by Gasteiger charge is 2.32. The molecule has 1 atom stereocenters. The van der Waals surface area contributed by atoms with Crippen molar-refractivity contribution in [2.24, 2.45) is 11.1 Å². The highest BCUT2D eigenvalue weighted by Crippen LogP contribution is 2.29. The maximum atomic E-state index is 5.80. The van der Waals surface area contributed by atoms with Gasteiger partial charge in [-0.15, -0.1) is 12.4 Å². The minimum absolute atomic E-state index is 0. The number of halogens is 2. The number of rotatable bonds is 3. The van der Waals surface area contributed by atoms with Crippen LogP contribution in [-0.2, 0) is 6.54 Å². The third-order valence-electron chi connectivity index (χ3n) is 3.30. The largest absolute Gasteiger partial charge is 0.330 e. The summed E-state index contributed by atoms with van der Waals surface area (Å²) in [5.74, 6) is 0. The Morgan fingerprint density at radius 1 is 1.53 bits per heavy atom. The Kier molecular flexibility index (Phi) is 5.38. The molecule has 0 radical (unpaired) electrons. The van der Waals surface area contributed by atoms with Crippen molar-refractivity contribution in [1.82, 2.24) is 9.88 Å². The summed E-state index contributed by atoms with van der Waals surface area (Å²) in [6, 6.07) is 4.11. The molecule has 2 rings (SSSR count). The third-order valence-corrected chi connectivity index (χ3v) is 3.77. The molecule has 1 aliphatic heterocycles. The zero-order valence-corrected chi connectivity index (χ0v) is 12.4. The second-order valence-corrected chi connectivity index (χ2v) is 5.86. The van der Waals surface area contributed by atoms with Crippen LogP contribution in [0.4, 0.5) is 0 Å². The van der Waals surface area contributed by atoms with Gasteiger partial charge in [0.2, 0.25) is 0 Å². The van der Waals surface area contributed by atoms with Gasteiger partial charge in [-0.05, 0) is 53.0 Å². The second-order valence-electron chi connectivity index (χ2n) is 4.94. The van der Waals surface area contributed by atoms with Crippen LogP contribution in [0.2, 0.25) is 0 Å². The van der Waals surface area contributed by atoms with Crippen LogP contribution in [0.1, 0.15) is 19.0 Å². The summed E-state index contributed by atoms with van der Waals surface area (Å²) < 4.78 is 1.03. The highest BCUT2D eigenvalue weighted by atomic mass is 79.9. The minimum Gasteiger partial charge on any atom is -0.330 e. The molecular formula is C12H19BrClN3. The summed E-state index contributed by atoms with van der Waals surface area (Å²) in [5, 5.41) is 0. The topological polar surface area (TPSA) is 42.1 Å². The summed E-state index contributed by atoms with van der Waals surface area (Å²) in [6.07, 6.45) is 3.05. The van der Waals surface area contributed by atoms with Gasteiger partial charge in [0.1, 0.15) is 0 Å². The fourth-order valence-electron chi connectivity index (χ4n) is 2.16. The monoisotopic (exact) mass is 319 g/mol. The number of pyridine rings is 1. The molecular weight excluding hydrogens is 302 g/mol. The van der Waals surface area contributed by atoms with Gasteiger partial charge in [-0.3, -0.25) is 9.88 Å². The van der Waals surface area contributed by atoms with Crippen LogP contribution in [-0.4, -0.2) is 29.5 Å². The van der Waals surface area contributed by atoms with Crippen LogP contribution in [0.3, 0.4) is 0 Å². The lowest BCUT2D eigenvalue weighted by Gasteiger charge is -2.22. The molecule has 1 aromatic rings. The number of nitrogens with zero attached hydrogens (tertiary/aromatic N) is 2. The van der Waals surface area contributed by atoms with Gasteiger partial charge in [0, 0.05) is 23.8 Å². The molecule has 1 aliphatic rings. The van der Waals surface area contributed by atoms with E-state index in [1.807, 2.05) is 12.3 Å². The van der Waals surface area contributed by atoms with Crippen LogP contribution in [0.15, 0.2) is 22.8 Å². The minimum atomic E-state index is 0. The average Bonchev–Trinajstić information content (AvgIpc) is 2.65. The van der Waals surface area contributed by atoms with Crippen LogP contribution in [0.25, 0.3) is 0 Å². The Hall–Kier alpha value is -0.160. The van der Waals surface area contributed by atoms with Gasteiger partial charge in [0.25, 0.3) is 0 Å². The second kappa shape index (κ2) is 6.14. The van der Waals surface area contributed by atoms with E-state index in [1.54, 1.807) is 0 Å². The van der Waals surface area contributed by atoms with E-state index in [0.29, 0.717) is 5.41 Å². The van der Waals surface area contributed by atoms with Crippen molar-refractivity contribution >= 4 is 28.3 Å². The van der Waals surface area contributed by atoms with E-state index in [4.69, 9.17) is 5.73 Å². The molecule has 2 heterocycles. The smallest absolute Gasteiger partial charge is 0.0544 e. The van der Waals surface area contributed by atoms with Crippen LogP contribution < -0.4 is 5.73 Å². The molecule has 0 spiro atoms. The highest BCUT2D eigenvalue weighted by molar-refractivity contribution is 9.10. The van der Waals surface area contributed by atoms with Crippen LogP contribution in [0, 0.1) is 5.41 Å². The maximum Gasteiger partial charge on any atom is 0.0544 e. The third kappa shape index (κ3) is 3.91. The van der Waals surface area contributed by atoms with Gasteiger partial charge < -0.3 is 5.73 Å². The molecule has 1 aromatic heterocycles. The first kappa shape index (κ1) is 14.9. The number of aromatic nitrogens is 1. The van der Waals surface area contributed by atoms with Crippen LogP contribution in [0.5, 0.6) is 0 Å². The van der Waals surface area contributed by atoms with Crippen molar-refractivity contribution in [2.75, 3.05) is 19.6 Å². The molecule has 5 heteroatoms. The predicted molar refractivity (Wildman–Crippen MR) is 76.2 cm³/mol. The van der Waals surface area contributed by atoms with Crippen molar-refractivity contribution in [1.29, 1.82) is 0 Å². The van der Waals surface area contributed by atoms with E-state index in [2.05, 4.69) is 38.8 Å². The first-order valence-corrected chi connectivity index (χ1v) is 6.43.